The first kappa shape index (κ1) is 13.3. The molecule has 19 heavy (non-hydrogen) atoms. The van der Waals surface area contributed by atoms with E-state index in [1.165, 1.54) is 12.1 Å². The van der Waals surface area contributed by atoms with Crippen molar-refractivity contribution in [3.63, 3.8) is 0 Å². The third-order valence-corrected chi connectivity index (χ3v) is 3.42. The highest BCUT2D eigenvalue weighted by molar-refractivity contribution is 6.01. The van der Waals surface area contributed by atoms with E-state index in [9.17, 15) is 14.9 Å². The summed E-state index contributed by atoms with van der Waals surface area (Å²) in [6, 6.07) is 4.60. The first-order valence-corrected chi connectivity index (χ1v) is 6.30. The Labute approximate surface area is 111 Å². The number of hydrogen-bond donors (Lipinski definition) is 2. The molecular weight excluding hydrogens is 246 g/mol. The van der Waals surface area contributed by atoms with Crippen LogP contribution in [-0.4, -0.2) is 23.9 Å². The molecule has 1 unspecified atom stereocenters. The van der Waals surface area contributed by atoms with E-state index in [4.69, 9.17) is 0 Å². The zero-order valence-electron chi connectivity index (χ0n) is 11.0. The summed E-state index contributed by atoms with van der Waals surface area (Å²) in [5.74, 6) is 0.271. The number of anilines is 1. The van der Waals surface area contributed by atoms with Crippen molar-refractivity contribution in [1.29, 1.82) is 0 Å². The van der Waals surface area contributed by atoms with Gasteiger partial charge in [0.05, 0.1) is 10.5 Å². The number of nitro benzene ring substituents is 1. The fourth-order valence-electron chi connectivity index (χ4n) is 2.14. The lowest BCUT2D eigenvalue weighted by molar-refractivity contribution is -0.384. The molecule has 2 N–H and O–H groups in total. The molecule has 2 rings (SSSR count). The van der Waals surface area contributed by atoms with E-state index in [1.807, 2.05) is 6.92 Å². The van der Waals surface area contributed by atoms with E-state index in [1.54, 1.807) is 13.1 Å². The third kappa shape index (κ3) is 2.83. The van der Waals surface area contributed by atoms with Gasteiger partial charge in [0.2, 0.25) is 0 Å². The Balaban J connectivity index is 2.25. The Bertz CT molecular complexity index is 512. The predicted octanol–water partition coefficient (Wildman–Crippen LogP) is 2.16. The molecule has 0 bridgehead atoms. The summed E-state index contributed by atoms with van der Waals surface area (Å²) in [5, 5.41) is 16.6. The molecule has 1 aromatic rings. The molecule has 1 fully saturated rings. The molecule has 1 atom stereocenters. The number of amides is 1. The highest BCUT2D eigenvalue weighted by Crippen LogP contribution is 2.33. The van der Waals surface area contributed by atoms with E-state index in [0.717, 1.165) is 12.8 Å². The van der Waals surface area contributed by atoms with Gasteiger partial charge in [0.1, 0.15) is 5.69 Å². The SMILES string of the molecule is CNc1c(C(=O)NC(C)C2CC2)cccc1[N+](=O)[O-]. The van der Waals surface area contributed by atoms with Gasteiger partial charge in [-0.2, -0.15) is 0 Å². The molecule has 1 aliphatic rings. The molecular formula is C13H17N3O3. The predicted molar refractivity (Wildman–Crippen MR) is 72.3 cm³/mol. The van der Waals surface area contributed by atoms with Crippen molar-refractivity contribution in [2.75, 3.05) is 12.4 Å². The Hall–Kier alpha value is -2.11. The molecule has 0 aliphatic heterocycles. The minimum absolute atomic E-state index is 0.0887. The van der Waals surface area contributed by atoms with Gasteiger partial charge in [0.15, 0.2) is 0 Å². The molecule has 0 radical (unpaired) electrons. The average molecular weight is 263 g/mol. The molecule has 1 aromatic carbocycles. The molecule has 0 aromatic heterocycles. The number of carbonyl (C=O) groups excluding carboxylic acids is 1. The van der Waals surface area contributed by atoms with Gasteiger partial charge in [-0.15, -0.1) is 0 Å². The maximum atomic E-state index is 12.2. The molecule has 0 heterocycles. The Morgan fingerprint density at radius 3 is 2.68 bits per heavy atom. The zero-order valence-corrected chi connectivity index (χ0v) is 11.0. The van der Waals surface area contributed by atoms with Crippen molar-refractivity contribution in [1.82, 2.24) is 5.32 Å². The van der Waals surface area contributed by atoms with Crippen molar-refractivity contribution in [2.24, 2.45) is 5.92 Å². The number of nitrogens with one attached hydrogen (secondary N) is 2. The quantitative estimate of drug-likeness (QED) is 0.629. The fourth-order valence-corrected chi connectivity index (χ4v) is 2.14. The molecule has 1 aliphatic carbocycles. The highest BCUT2D eigenvalue weighted by atomic mass is 16.6. The number of rotatable bonds is 5. The van der Waals surface area contributed by atoms with Gasteiger partial charge < -0.3 is 10.6 Å². The van der Waals surface area contributed by atoms with E-state index in [-0.39, 0.29) is 23.3 Å². The molecule has 6 heteroatoms. The molecule has 6 nitrogen and oxygen atoms in total. The van der Waals surface area contributed by atoms with Crippen LogP contribution in [0.2, 0.25) is 0 Å². The van der Waals surface area contributed by atoms with Crippen LogP contribution in [0.15, 0.2) is 18.2 Å². The monoisotopic (exact) mass is 263 g/mol. The van der Waals surface area contributed by atoms with Crippen LogP contribution < -0.4 is 10.6 Å². The van der Waals surface area contributed by atoms with Crippen LogP contribution in [0.5, 0.6) is 0 Å². The van der Waals surface area contributed by atoms with Crippen LogP contribution in [0.3, 0.4) is 0 Å². The van der Waals surface area contributed by atoms with Gasteiger partial charge in [-0.3, -0.25) is 14.9 Å². The molecule has 1 amide bonds. The summed E-state index contributed by atoms with van der Waals surface area (Å²) in [6.07, 6.45) is 2.27. The molecule has 0 saturated heterocycles. The van der Waals surface area contributed by atoms with Crippen LogP contribution in [0, 0.1) is 16.0 Å². The fraction of sp³-hybridized carbons (Fsp3) is 0.462. The third-order valence-electron chi connectivity index (χ3n) is 3.42. The largest absolute Gasteiger partial charge is 0.382 e. The number of para-hydroxylation sites is 1. The Morgan fingerprint density at radius 1 is 1.47 bits per heavy atom. The summed E-state index contributed by atoms with van der Waals surface area (Å²) in [6.45, 7) is 1.96. The second kappa shape index (κ2) is 5.26. The van der Waals surface area contributed by atoms with E-state index in [0.29, 0.717) is 11.5 Å². The number of nitro groups is 1. The normalized spacial score (nSPS) is 15.7. The second-order valence-electron chi connectivity index (χ2n) is 4.81. The summed E-state index contributed by atoms with van der Waals surface area (Å²) in [5.41, 5.74) is 0.478. The van der Waals surface area contributed by atoms with Crippen molar-refractivity contribution in [3.8, 4) is 0 Å². The van der Waals surface area contributed by atoms with Gasteiger partial charge >= 0.3 is 0 Å². The van der Waals surface area contributed by atoms with E-state index in [2.05, 4.69) is 10.6 Å². The van der Waals surface area contributed by atoms with Crippen molar-refractivity contribution < 1.29 is 9.72 Å². The van der Waals surface area contributed by atoms with Gasteiger partial charge in [-0.05, 0) is 31.7 Å². The first-order valence-electron chi connectivity index (χ1n) is 6.30. The van der Waals surface area contributed by atoms with Crippen LogP contribution >= 0.6 is 0 Å². The minimum Gasteiger partial charge on any atom is -0.382 e. The standard InChI is InChI=1S/C13H17N3O3/c1-8(9-6-7-9)15-13(17)10-4-3-5-11(16(18)19)12(10)14-2/h3-5,8-9,14H,6-7H2,1-2H3,(H,15,17). The number of hydrogen-bond acceptors (Lipinski definition) is 4. The van der Waals surface area contributed by atoms with Gasteiger partial charge in [0.25, 0.3) is 11.6 Å². The van der Waals surface area contributed by atoms with Crippen LogP contribution in [-0.2, 0) is 0 Å². The van der Waals surface area contributed by atoms with Crippen LogP contribution in [0.1, 0.15) is 30.1 Å². The van der Waals surface area contributed by atoms with Gasteiger partial charge in [-0.1, -0.05) is 6.07 Å². The Kier molecular flexibility index (Phi) is 3.69. The Morgan fingerprint density at radius 2 is 2.16 bits per heavy atom. The van der Waals surface area contributed by atoms with E-state index < -0.39 is 4.92 Å². The van der Waals surface area contributed by atoms with E-state index >= 15 is 0 Å². The molecule has 0 spiro atoms. The average Bonchev–Trinajstić information content (AvgIpc) is 3.21. The lowest BCUT2D eigenvalue weighted by Crippen LogP contribution is -2.34. The second-order valence-corrected chi connectivity index (χ2v) is 4.81. The molecule has 1 saturated carbocycles. The van der Waals surface area contributed by atoms with Crippen LogP contribution in [0.25, 0.3) is 0 Å². The van der Waals surface area contributed by atoms with Crippen molar-refractivity contribution in [2.45, 2.75) is 25.8 Å². The first-order chi connectivity index (χ1) is 9.04. The number of benzene rings is 1. The van der Waals surface area contributed by atoms with Gasteiger partial charge in [0, 0.05) is 19.2 Å². The summed E-state index contributed by atoms with van der Waals surface area (Å²) in [7, 11) is 1.57. The molecule has 102 valence electrons. The lowest BCUT2D eigenvalue weighted by atomic mass is 10.1. The van der Waals surface area contributed by atoms with Crippen LogP contribution in [0.4, 0.5) is 11.4 Å². The highest BCUT2D eigenvalue weighted by Gasteiger charge is 2.30. The lowest BCUT2D eigenvalue weighted by Gasteiger charge is -2.14. The summed E-state index contributed by atoms with van der Waals surface area (Å²) < 4.78 is 0. The minimum atomic E-state index is -0.493. The number of nitrogens with zero attached hydrogens (tertiary/aromatic N) is 1. The maximum absolute atomic E-state index is 12.2. The maximum Gasteiger partial charge on any atom is 0.293 e. The van der Waals surface area contributed by atoms with Gasteiger partial charge in [-0.25, -0.2) is 0 Å². The summed E-state index contributed by atoms with van der Waals surface area (Å²) >= 11 is 0. The zero-order chi connectivity index (χ0) is 14.0. The number of carbonyl (C=O) groups is 1. The smallest absolute Gasteiger partial charge is 0.293 e. The topological polar surface area (TPSA) is 84.3 Å². The summed E-state index contributed by atoms with van der Waals surface area (Å²) in [4.78, 5) is 22.6. The van der Waals surface area contributed by atoms with Crippen molar-refractivity contribution >= 4 is 17.3 Å². The van der Waals surface area contributed by atoms with Crippen molar-refractivity contribution in [3.05, 3.63) is 33.9 Å².